The Hall–Kier alpha value is -3.45. The Morgan fingerprint density at radius 3 is 2.64 bits per heavy atom. The minimum Gasteiger partial charge on any atom is -0.462 e. The number of aromatic amines is 1. The van der Waals surface area contributed by atoms with Crippen LogP contribution in [0.25, 0.3) is 22.6 Å². The van der Waals surface area contributed by atoms with E-state index in [1.54, 1.807) is 36.2 Å². The van der Waals surface area contributed by atoms with Gasteiger partial charge >= 0.3 is 6.01 Å². The Kier molecular flexibility index (Phi) is 7.89. The molecule has 2 N–H and O–H groups in total. The molecule has 11 nitrogen and oxygen atoms in total. The van der Waals surface area contributed by atoms with Crippen molar-refractivity contribution in [2.45, 2.75) is 25.7 Å². The number of nitrogens with one attached hydrogen (secondary N) is 1. The standard InChI is InChI=1S/C27H33FN6O5/c1-27(25(36)34-11-9-19(35)14-34)15-38-24(39-16-27)23-31-21(17-4-6-18(28)7-5-17)22(32-23)20-8-10-29-26(30-20)37-13-12-33(2)3/h4-8,10,19,24,35H,9,11-16H2,1-3H3,(H,31,32). The molecule has 2 fully saturated rings. The Bertz CT molecular complexity index is 1290. The number of likely N-dealkylation sites (tertiary alicyclic amines) is 1. The molecule has 1 amide bonds. The van der Waals surface area contributed by atoms with Crippen molar-refractivity contribution in [1.82, 2.24) is 29.7 Å². The minimum absolute atomic E-state index is 0.104. The highest BCUT2D eigenvalue weighted by atomic mass is 19.1. The molecular formula is C27H33FN6O5. The number of nitrogens with zero attached hydrogens (tertiary/aromatic N) is 5. The van der Waals surface area contributed by atoms with Gasteiger partial charge in [-0.3, -0.25) is 4.79 Å². The van der Waals surface area contributed by atoms with Gasteiger partial charge in [-0.25, -0.2) is 14.4 Å². The number of likely N-dealkylation sites (N-methyl/N-ethyl adjacent to an activating group) is 1. The molecule has 0 saturated carbocycles. The van der Waals surface area contributed by atoms with Crippen LogP contribution in [0, 0.1) is 11.2 Å². The molecule has 1 aromatic carbocycles. The predicted octanol–water partition coefficient (Wildman–Crippen LogP) is 2.26. The van der Waals surface area contributed by atoms with Crippen LogP contribution in [0.5, 0.6) is 6.01 Å². The van der Waals surface area contributed by atoms with E-state index in [-0.39, 0.29) is 30.9 Å². The molecular weight excluding hydrogens is 507 g/mol. The molecule has 4 heterocycles. The topological polar surface area (TPSA) is 126 Å². The largest absolute Gasteiger partial charge is 0.462 e. The van der Waals surface area contributed by atoms with Crippen LogP contribution in [0.15, 0.2) is 36.5 Å². The van der Waals surface area contributed by atoms with Crippen molar-refractivity contribution in [3.8, 4) is 28.7 Å². The van der Waals surface area contributed by atoms with Gasteiger partial charge in [-0.05, 0) is 57.8 Å². The lowest BCUT2D eigenvalue weighted by atomic mass is 9.90. The third-order valence-corrected chi connectivity index (χ3v) is 6.80. The number of benzene rings is 1. The molecule has 0 aliphatic carbocycles. The SMILES string of the molecule is CN(C)CCOc1nccc(-c2[nH]c(C3OCC(C)(C(=O)N4CCC(O)C4)CO3)nc2-c2ccc(F)cc2)n1. The lowest BCUT2D eigenvalue weighted by molar-refractivity contribution is -0.234. The van der Waals surface area contributed by atoms with Crippen LogP contribution >= 0.6 is 0 Å². The van der Waals surface area contributed by atoms with E-state index < -0.39 is 17.8 Å². The summed E-state index contributed by atoms with van der Waals surface area (Å²) in [5, 5.41) is 9.83. The maximum atomic E-state index is 13.7. The second kappa shape index (κ2) is 11.3. The van der Waals surface area contributed by atoms with Crippen LogP contribution in [0.4, 0.5) is 4.39 Å². The van der Waals surface area contributed by atoms with Crippen LogP contribution in [-0.4, -0.2) is 100 Å². The number of rotatable bonds is 8. The molecule has 208 valence electrons. The lowest BCUT2D eigenvalue weighted by Crippen LogP contribution is -2.49. The number of imidazole rings is 1. The first-order valence-corrected chi connectivity index (χ1v) is 12.9. The highest BCUT2D eigenvalue weighted by molar-refractivity contribution is 5.83. The first-order chi connectivity index (χ1) is 18.7. The van der Waals surface area contributed by atoms with Crippen LogP contribution in [-0.2, 0) is 14.3 Å². The first-order valence-electron chi connectivity index (χ1n) is 12.9. The number of aliphatic hydroxyl groups excluding tert-OH is 1. The molecule has 2 aromatic heterocycles. The highest BCUT2D eigenvalue weighted by Gasteiger charge is 2.44. The zero-order chi connectivity index (χ0) is 27.6. The van der Waals surface area contributed by atoms with Crippen LogP contribution in [0.2, 0.25) is 0 Å². The fourth-order valence-electron chi connectivity index (χ4n) is 4.57. The van der Waals surface area contributed by atoms with Gasteiger partial charge in [-0.2, -0.15) is 4.98 Å². The number of H-pyrrole nitrogens is 1. The number of halogens is 1. The van der Waals surface area contributed by atoms with Crippen molar-refractivity contribution in [2.24, 2.45) is 5.41 Å². The smallest absolute Gasteiger partial charge is 0.316 e. The van der Waals surface area contributed by atoms with E-state index in [1.807, 2.05) is 19.0 Å². The van der Waals surface area contributed by atoms with Gasteiger partial charge in [0.05, 0.1) is 41.8 Å². The molecule has 0 bridgehead atoms. The molecule has 1 atom stereocenters. The van der Waals surface area contributed by atoms with Crippen molar-refractivity contribution in [3.63, 3.8) is 0 Å². The van der Waals surface area contributed by atoms with Crippen LogP contribution < -0.4 is 4.74 Å². The zero-order valence-electron chi connectivity index (χ0n) is 22.3. The van der Waals surface area contributed by atoms with Crippen LogP contribution in [0.3, 0.4) is 0 Å². The van der Waals surface area contributed by atoms with E-state index >= 15 is 0 Å². The summed E-state index contributed by atoms with van der Waals surface area (Å²) >= 11 is 0. The summed E-state index contributed by atoms with van der Waals surface area (Å²) in [6.07, 6.45) is 0.824. The van der Waals surface area contributed by atoms with Gasteiger partial charge in [0, 0.05) is 31.4 Å². The molecule has 1 unspecified atom stereocenters. The molecule has 0 spiro atoms. The zero-order valence-corrected chi connectivity index (χ0v) is 22.3. The summed E-state index contributed by atoms with van der Waals surface area (Å²) in [5.41, 5.74) is 1.43. The predicted molar refractivity (Wildman–Crippen MR) is 139 cm³/mol. The normalized spacial score (nSPS) is 23.4. The molecule has 2 aliphatic rings. The maximum absolute atomic E-state index is 13.7. The Balaban J connectivity index is 1.39. The van der Waals surface area contributed by atoms with E-state index in [4.69, 9.17) is 19.2 Å². The Morgan fingerprint density at radius 2 is 1.97 bits per heavy atom. The van der Waals surface area contributed by atoms with E-state index in [1.165, 1.54) is 12.1 Å². The molecule has 12 heteroatoms. The summed E-state index contributed by atoms with van der Waals surface area (Å²) < 4.78 is 31.4. The molecule has 2 aliphatic heterocycles. The number of carbonyl (C=O) groups excluding carboxylic acids is 1. The van der Waals surface area contributed by atoms with Gasteiger partial charge < -0.3 is 34.1 Å². The number of carbonyl (C=O) groups is 1. The lowest BCUT2D eigenvalue weighted by Gasteiger charge is -2.37. The van der Waals surface area contributed by atoms with E-state index in [0.29, 0.717) is 61.1 Å². The number of amides is 1. The average molecular weight is 541 g/mol. The van der Waals surface area contributed by atoms with Crippen molar-refractivity contribution >= 4 is 5.91 Å². The van der Waals surface area contributed by atoms with Crippen molar-refractivity contribution < 1.29 is 28.5 Å². The number of aromatic nitrogens is 4. The maximum Gasteiger partial charge on any atom is 0.316 e. The Labute approximate surface area is 225 Å². The summed E-state index contributed by atoms with van der Waals surface area (Å²) in [7, 11) is 3.90. The van der Waals surface area contributed by atoms with Crippen molar-refractivity contribution in [1.29, 1.82) is 0 Å². The fourth-order valence-corrected chi connectivity index (χ4v) is 4.57. The monoisotopic (exact) mass is 540 g/mol. The van der Waals surface area contributed by atoms with Crippen molar-refractivity contribution in [3.05, 3.63) is 48.2 Å². The van der Waals surface area contributed by atoms with Crippen molar-refractivity contribution in [2.75, 3.05) is 53.6 Å². The van der Waals surface area contributed by atoms with Gasteiger partial charge in [-0.15, -0.1) is 0 Å². The van der Waals surface area contributed by atoms with Crippen LogP contribution in [0.1, 0.15) is 25.5 Å². The van der Waals surface area contributed by atoms with E-state index in [0.717, 1.165) is 0 Å². The molecule has 5 rings (SSSR count). The average Bonchev–Trinajstić information content (AvgIpc) is 3.56. The number of hydrogen-bond acceptors (Lipinski definition) is 9. The molecule has 2 saturated heterocycles. The van der Waals surface area contributed by atoms with Gasteiger partial charge in [0.1, 0.15) is 12.4 Å². The third kappa shape index (κ3) is 6.09. The number of ether oxygens (including phenoxy) is 3. The van der Waals surface area contributed by atoms with Gasteiger partial charge in [-0.1, -0.05) is 0 Å². The molecule has 0 radical (unpaired) electrons. The number of hydrogen-bond donors (Lipinski definition) is 2. The minimum atomic E-state index is -0.874. The molecule has 3 aromatic rings. The van der Waals surface area contributed by atoms with Gasteiger partial charge in [0.2, 0.25) is 12.2 Å². The van der Waals surface area contributed by atoms with E-state index in [2.05, 4.69) is 15.0 Å². The quantitative estimate of drug-likeness (QED) is 0.442. The summed E-state index contributed by atoms with van der Waals surface area (Å²) in [6.45, 7) is 4.02. The van der Waals surface area contributed by atoms with Gasteiger partial charge in [0.15, 0.2) is 5.82 Å². The second-order valence-electron chi connectivity index (χ2n) is 10.4. The summed E-state index contributed by atoms with van der Waals surface area (Å²) in [5.74, 6) is -0.0698. The number of aliphatic hydroxyl groups is 1. The van der Waals surface area contributed by atoms with E-state index in [9.17, 15) is 14.3 Å². The summed E-state index contributed by atoms with van der Waals surface area (Å²) in [4.78, 5) is 33.5. The molecule has 39 heavy (non-hydrogen) atoms. The third-order valence-electron chi connectivity index (χ3n) is 6.80. The fraction of sp³-hybridized carbons (Fsp3) is 0.481. The Morgan fingerprint density at radius 1 is 1.23 bits per heavy atom. The first kappa shape index (κ1) is 27.1. The highest BCUT2D eigenvalue weighted by Crippen LogP contribution is 2.36. The summed E-state index contributed by atoms with van der Waals surface area (Å²) in [6, 6.07) is 7.95. The second-order valence-corrected chi connectivity index (χ2v) is 10.4. The van der Waals surface area contributed by atoms with Gasteiger partial charge in [0.25, 0.3) is 0 Å². The number of β-amino-alcohol motifs (C(OH)–C–C–N with tert-alkyl or cyclic N) is 1.